The van der Waals surface area contributed by atoms with Crippen LogP contribution in [0.25, 0.3) is 10.9 Å². The Hall–Kier alpha value is -3.48. The van der Waals surface area contributed by atoms with Crippen LogP contribution < -0.4 is 14.8 Å². The lowest BCUT2D eigenvalue weighted by Gasteiger charge is -2.41. The number of rotatable bonds is 9. The van der Waals surface area contributed by atoms with E-state index in [1.165, 1.54) is 16.6 Å². The Morgan fingerprint density at radius 1 is 1.05 bits per heavy atom. The zero-order valence-electron chi connectivity index (χ0n) is 24.3. The summed E-state index contributed by atoms with van der Waals surface area (Å²) in [6.45, 7) is 6.71. The average molecular weight is 544 g/mol. The lowest BCUT2D eigenvalue weighted by molar-refractivity contribution is -0.146. The number of aromatic amines is 1. The predicted molar refractivity (Wildman–Crippen MR) is 157 cm³/mol. The fraction of sp³-hybridized carbons (Fsp3) is 0.515. The number of H-pyrrole nitrogens is 1. The molecule has 2 atom stereocenters. The van der Waals surface area contributed by atoms with Crippen LogP contribution in [0.2, 0.25) is 0 Å². The number of ether oxygens (including phenoxy) is 2. The van der Waals surface area contributed by atoms with Crippen molar-refractivity contribution in [2.24, 2.45) is 11.3 Å². The first kappa shape index (κ1) is 26.7. The zero-order chi connectivity index (χ0) is 28.2. The van der Waals surface area contributed by atoms with Gasteiger partial charge >= 0.3 is 0 Å². The quantitative estimate of drug-likeness (QED) is 0.320. The Kier molecular flexibility index (Phi) is 6.59. The van der Waals surface area contributed by atoms with Crippen molar-refractivity contribution in [3.63, 3.8) is 0 Å². The van der Waals surface area contributed by atoms with Crippen LogP contribution in [0.4, 0.5) is 5.69 Å². The maximum Gasteiger partial charge on any atom is 0.250 e. The number of methoxy groups -OCH3 is 2. The second kappa shape index (κ2) is 9.86. The van der Waals surface area contributed by atoms with Crippen molar-refractivity contribution < 1.29 is 19.1 Å². The number of aryl methyl sites for hydroxylation is 1. The number of benzene rings is 2. The summed E-state index contributed by atoms with van der Waals surface area (Å²) in [5.74, 6) is 1.77. The van der Waals surface area contributed by atoms with E-state index in [9.17, 15) is 9.59 Å². The number of amides is 2. The first-order valence-electron chi connectivity index (χ1n) is 14.6. The van der Waals surface area contributed by atoms with Gasteiger partial charge in [-0.3, -0.25) is 9.59 Å². The molecule has 3 aliphatic rings. The average Bonchev–Trinajstić information content (AvgIpc) is 3.73. The van der Waals surface area contributed by atoms with Crippen LogP contribution in [-0.4, -0.2) is 47.5 Å². The van der Waals surface area contributed by atoms with Crippen LogP contribution in [0.15, 0.2) is 42.5 Å². The summed E-state index contributed by atoms with van der Waals surface area (Å²) in [6, 6.07) is 14.0. The van der Waals surface area contributed by atoms with Gasteiger partial charge in [-0.2, -0.15) is 0 Å². The van der Waals surface area contributed by atoms with E-state index >= 15 is 0 Å². The molecule has 0 saturated heterocycles. The van der Waals surface area contributed by atoms with E-state index in [1.54, 1.807) is 20.3 Å². The molecule has 7 heteroatoms. The number of fused-ring (bicyclic) bond motifs is 1. The van der Waals surface area contributed by atoms with Crippen molar-refractivity contribution in [3.05, 3.63) is 53.7 Å². The van der Waals surface area contributed by atoms with Crippen molar-refractivity contribution in [1.29, 1.82) is 0 Å². The lowest BCUT2D eigenvalue weighted by Crippen LogP contribution is -2.58. The topological polar surface area (TPSA) is 83.7 Å². The van der Waals surface area contributed by atoms with Crippen LogP contribution in [-0.2, 0) is 9.59 Å². The molecule has 3 saturated carbocycles. The number of aromatic nitrogens is 1. The second-order valence-electron chi connectivity index (χ2n) is 12.6. The molecule has 6 rings (SSSR count). The largest absolute Gasteiger partial charge is 0.497 e. The predicted octanol–water partition coefficient (Wildman–Crippen LogP) is 6.57. The molecular formula is C33H41N3O4. The Morgan fingerprint density at radius 2 is 1.77 bits per heavy atom. The molecule has 1 heterocycles. The molecule has 0 radical (unpaired) electrons. The molecule has 0 aliphatic heterocycles. The van der Waals surface area contributed by atoms with Crippen LogP contribution in [0, 0.1) is 18.3 Å². The summed E-state index contributed by atoms with van der Waals surface area (Å²) < 4.78 is 10.9. The number of nitrogens with zero attached hydrogens (tertiary/aromatic N) is 1. The van der Waals surface area contributed by atoms with Gasteiger partial charge < -0.3 is 24.7 Å². The smallest absolute Gasteiger partial charge is 0.250 e. The van der Waals surface area contributed by atoms with E-state index < -0.39 is 5.54 Å². The highest BCUT2D eigenvalue weighted by Gasteiger charge is 2.61. The summed E-state index contributed by atoms with van der Waals surface area (Å²) >= 11 is 0. The molecule has 40 heavy (non-hydrogen) atoms. The molecular weight excluding hydrogens is 502 g/mol. The van der Waals surface area contributed by atoms with Gasteiger partial charge in [0, 0.05) is 35.1 Å². The second-order valence-corrected chi connectivity index (χ2v) is 12.6. The number of hydrogen-bond acceptors (Lipinski definition) is 4. The summed E-state index contributed by atoms with van der Waals surface area (Å²) in [5.41, 5.74) is 3.47. The van der Waals surface area contributed by atoms with Crippen molar-refractivity contribution in [2.75, 3.05) is 19.5 Å². The Balaban J connectivity index is 1.27. The number of carbonyl (C=O) groups is 2. The van der Waals surface area contributed by atoms with E-state index in [2.05, 4.69) is 55.3 Å². The van der Waals surface area contributed by atoms with E-state index in [-0.39, 0.29) is 29.2 Å². The minimum absolute atomic E-state index is 0.0160. The third-order valence-corrected chi connectivity index (χ3v) is 9.85. The van der Waals surface area contributed by atoms with E-state index in [0.29, 0.717) is 42.4 Å². The molecule has 0 unspecified atom stereocenters. The fourth-order valence-electron chi connectivity index (χ4n) is 7.49. The molecule has 2 amide bonds. The van der Waals surface area contributed by atoms with Crippen LogP contribution >= 0.6 is 0 Å². The number of carbonyl (C=O) groups excluding carboxylic acids is 2. The zero-order valence-corrected chi connectivity index (χ0v) is 24.3. The van der Waals surface area contributed by atoms with E-state index in [0.717, 1.165) is 31.2 Å². The highest BCUT2D eigenvalue weighted by molar-refractivity contribution is 6.02. The SMILES string of the molecule is COc1ccc(NC(=O)C2(N(C(=O)C[C@H]3[C@@H](c4c(C)[nH]c5ccccc45)C3(C)C)C3CC3)CCCC2)c(OC)c1. The van der Waals surface area contributed by atoms with E-state index in [4.69, 9.17) is 9.47 Å². The van der Waals surface area contributed by atoms with Gasteiger partial charge in [0.15, 0.2) is 0 Å². The Labute approximate surface area is 236 Å². The fourth-order valence-corrected chi connectivity index (χ4v) is 7.49. The number of anilines is 1. The number of nitrogens with one attached hydrogen (secondary N) is 2. The van der Waals surface area contributed by atoms with Gasteiger partial charge in [-0.1, -0.05) is 44.9 Å². The molecule has 212 valence electrons. The lowest BCUT2D eigenvalue weighted by atomic mass is 9.91. The molecule has 3 fully saturated rings. The standard InChI is InChI=1S/C33H41N3O4/c1-20-29(23-10-6-7-11-25(23)34-20)30-24(32(30,2)3)19-28(37)36(21-12-13-21)33(16-8-9-17-33)31(38)35-26-15-14-22(39-4)18-27(26)40-5/h6-7,10-11,14-15,18,21,24,30,34H,8-9,12-13,16-17,19H2,1-5H3,(H,35,38)/t24-,30-/m0/s1. The van der Waals surface area contributed by atoms with Gasteiger partial charge in [0.2, 0.25) is 11.8 Å². The maximum atomic E-state index is 14.3. The number of para-hydroxylation sites is 1. The van der Waals surface area contributed by atoms with Crippen molar-refractivity contribution in [2.45, 2.75) is 83.2 Å². The monoisotopic (exact) mass is 543 g/mol. The van der Waals surface area contributed by atoms with Gasteiger partial charge in [-0.15, -0.1) is 0 Å². The van der Waals surface area contributed by atoms with E-state index in [1.807, 2.05) is 17.0 Å². The molecule has 3 aromatic rings. The Bertz CT molecular complexity index is 1450. The highest BCUT2D eigenvalue weighted by atomic mass is 16.5. The normalized spacial score (nSPS) is 22.6. The minimum Gasteiger partial charge on any atom is -0.497 e. The molecule has 2 aromatic carbocycles. The van der Waals surface area contributed by atoms with Crippen LogP contribution in [0.3, 0.4) is 0 Å². The third kappa shape index (κ3) is 4.34. The maximum absolute atomic E-state index is 14.3. The van der Waals surface area contributed by atoms with Crippen molar-refractivity contribution in [1.82, 2.24) is 9.88 Å². The summed E-state index contributed by atoms with van der Waals surface area (Å²) in [6.07, 6.45) is 5.66. The van der Waals surface area contributed by atoms with Crippen LogP contribution in [0.1, 0.15) is 76.0 Å². The molecule has 3 aliphatic carbocycles. The van der Waals surface area contributed by atoms with Crippen LogP contribution in [0.5, 0.6) is 11.5 Å². The summed E-state index contributed by atoms with van der Waals surface area (Å²) in [7, 11) is 3.18. The minimum atomic E-state index is -0.825. The number of hydrogen-bond donors (Lipinski definition) is 2. The molecule has 2 N–H and O–H groups in total. The highest BCUT2D eigenvalue weighted by Crippen LogP contribution is 2.67. The first-order valence-corrected chi connectivity index (χ1v) is 14.6. The molecule has 7 nitrogen and oxygen atoms in total. The van der Waals surface area contributed by atoms with Gasteiger partial charge in [-0.25, -0.2) is 0 Å². The van der Waals surface area contributed by atoms with Gasteiger partial charge in [0.1, 0.15) is 17.0 Å². The first-order chi connectivity index (χ1) is 19.2. The van der Waals surface area contributed by atoms with Gasteiger partial charge in [0.25, 0.3) is 0 Å². The molecule has 1 aromatic heterocycles. The van der Waals surface area contributed by atoms with Crippen molar-refractivity contribution in [3.8, 4) is 11.5 Å². The molecule has 0 spiro atoms. The van der Waals surface area contributed by atoms with Gasteiger partial charge in [-0.05, 0) is 73.6 Å². The molecule has 0 bridgehead atoms. The third-order valence-electron chi connectivity index (χ3n) is 9.85. The van der Waals surface area contributed by atoms with Crippen molar-refractivity contribution >= 4 is 28.4 Å². The summed E-state index contributed by atoms with van der Waals surface area (Å²) in [5, 5.41) is 4.40. The van der Waals surface area contributed by atoms with Gasteiger partial charge in [0.05, 0.1) is 19.9 Å². The Morgan fingerprint density at radius 3 is 2.45 bits per heavy atom. The summed E-state index contributed by atoms with van der Waals surface area (Å²) in [4.78, 5) is 34.0.